The minimum atomic E-state index is -0.674. The Hall–Kier alpha value is -2.12. The van der Waals surface area contributed by atoms with E-state index in [2.05, 4.69) is 21.2 Å². The van der Waals surface area contributed by atoms with Crippen molar-refractivity contribution in [2.24, 2.45) is 5.92 Å². The van der Waals surface area contributed by atoms with Crippen molar-refractivity contribution in [3.63, 3.8) is 0 Å². The number of nitrogens with zero attached hydrogens (tertiary/aromatic N) is 2. The van der Waals surface area contributed by atoms with Gasteiger partial charge in [0.25, 0.3) is 5.91 Å². The molecule has 2 saturated heterocycles. The minimum Gasteiger partial charge on any atom is -0.378 e. The lowest BCUT2D eigenvalue weighted by atomic mass is 9.89. The smallest absolute Gasteiger partial charge is 0.284 e. The Balaban J connectivity index is 1.53. The Kier molecular flexibility index (Phi) is 7.23. The van der Waals surface area contributed by atoms with Crippen molar-refractivity contribution in [1.29, 1.82) is 0 Å². The second-order valence-corrected chi connectivity index (χ2v) is 8.27. The molecule has 6 nitrogen and oxygen atoms in total. The molecule has 1 saturated carbocycles. The van der Waals surface area contributed by atoms with Gasteiger partial charge in [0, 0.05) is 31.9 Å². The minimum absolute atomic E-state index is 0.173. The fraction of sp³-hybridized carbons (Fsp3) is 0.609. The number of nitrogens with one attached hydrogen (secondary N) is 1. The molecular formula is C23H32FN3O3. The molecule has 1 aliphatic carbocycles. The summed E-state index contributed by atoms with van der Waals surface area (Å²) in [6, 6.07) is 5.98. The average molecular weight is 418 g/mol. The van der Waals surface area contributed by atoms with Gasteiger partial charge in [0.15, 0.2) is 5.83 Å². The second kappa shape index (κ2) is 10.3. The van der Waals surface area contributed by atoms with E-state index in [0.717, 1.165) is 63.2 Å². The maximum Gasteiger partial charge on any atom is 0.284 e. The number of rotatable bonds is 5. The fourth-order valence-electron chi connectivity index (χ4n) is 4.48. The van der Waals surface area contributed by atoms with E-state index in [-0.39, 0.29) is 5.92 Å². The van der Waals surface area contributed by atoms with Crippen LogP contribution in [0.25, 0.3) is 0 Å². The number of hydrogen-bond acceptors (Lipinski definition) is 5. The lowest BCUT2D eigenvalue weighted by Crippen LogP contribution is -2.38. The summed E-state index contributed by atoms with van der Waals surface area (Å²) in [4.78, 5) is 17.1. The maximum absolute atomic E-state index is 14.6. The van der Waals surface area contributed by atoms with Gasteiger partial charge in [0.1, 0.15) is 0 Å². The Morgan fingerprint density at radius 1 is 0.967 bits per heavy atom. The molecule has 164 valence electrons. The van der Waals surface area contributed by atoms with Crippen LogP contribution in [0.2, 0.25) is 0 Å². The van der Waals surface area contributed by atoms with Crippen molar-refractivity contribution in [1.82, 2.24) is 0 Å². The van der Waals surface area contributed by atoms with Crippen LogP contribution in [0, 0.1) is 5.92 Å². The molecule has 0 unspecified atom stereocenters. The third-order valence-electron chi connectivity index (χ3n) is 6.21. The zero-order valence-corrected chi connectivity index (χ0v) is 17.6. The van der Waals surface area contributed by atoms with Crippen LogP contribution in [0.3, 0.4) is 0 Å². The number of carbonyl (C=O) groups excluding carboxylic acids is 1. The zero-order chi connectivity index (χ0) is 20.8. The van der Waals surface area contributed by atoms with E-state index in [1.807, 2.05) is 12.1 Å². The lowest BCUT2D eigenvalue weighted by Gasteiger charge is -2.33. The highest BCUT2D eigenvalue weighted by molar-refractivity contribution is 6.04. The highest BCUT2D eigenvalue weighted by atomic mass is 19.1. The molecule has 0 atom stereocenters. The first-order valence-electron chi connectivity index (χ1n) is 11.2. The number of halogens is 1. The van der Waals surface area contributed by atoms with Crippen LogP contribution in [-0.4, -0.2) is 58.5 Å². The number of anilines is 3. The van der Waals surface area contributed by atoms with Gasteiger partial charge in [-0.15, -0.1) is 0 Å². The normalized spacial score (nSPS) is 21.6. The summed E-state index contributed by atoms with van der Waals surface area (Å²) in [5.41, 5.74) is 2.66. The molecule has 7 heteroatoms. The third kappa shape index (κ3) is 5.32. The van der Waals surface area contributed by atoms with E-state index in [0.29, 0.717) is 32.1 Å². The van der Waals surface area contributed by atoms with Crippen LogP contribution in [0.1, 0.15) is 32.1 Å². The summed E-state index contributed by atoms with van der Waals surface area (Å²) in [6.07, 6.45) is 6.88. The summed E-state index contributed by atoms with van der Waals surface area (Å²) < 4.78 is 25.5. The number of benzene rings is 1. The third-order valence-corrected chi connectivity index (χ3v) is 6.21. The number of amides is 1. The number of ether oxygens (including phenoxy) is 2. The Labute approximate surface area is 178 Å². The molecule has 1 N–H and O–H groups in total. The van der Waals surface area contributed by atoms with Crippen LogP contribution in [-0.2, 0) is 14.3 Å². The van der Waals surface area contributed by atoms with E-state index in [1.165, 1.54) is 12.5 Å². The average Bonchev–Trinajstić information content (AvgIpc) is 2.81. The summed E-state index contributed by atoms with van der Waals surface area (Å²) in [5.74, 6) is -1.16. The van der Waals surface area contributed by atoms with Crippen molar-refractivity contribution in [2.45, 2.75) is 32.1 Å². The molecule has 3 aliphatic rings. The van der Waals surface area contributed by atoms with Crippen molar-refractivity contribution in [2.75, 3.05) is 67.7 Å². The van der Waals surface area contributed by atoms with Gasteiger partial charge in [0.05, 0.1) is 37.8 Å². The van der Waals surface area contributed by atoms with Crippen LogP contribution in [0.15, 0.2) is 30.1 Å². The second-order valence-electron chi connectivity index (χ2n) is 8.27. The first kappa shape index (κ1) is 21.1. The van der Waals surface area contributed by atoms with Gasteiger partial charge in [-0.1, -0.05) is 19.3 Å². The van der Waals surface area contributed by atoms with Crippen LogP contribution in [0.4, 0.5) is 21.5 Å². The molecule has 0 bridgehead atoms. The fourth-order valence-corrected chi connectivity index (χ4v) is 4.48. The standard InChI is InChI=1S/C23H32FN3O3/c24-20(16-18-4-2-1-3-5-18)23(28)25-21-7-6-19(26-8-12-29-13-9-26)17-22(21)27-10-14-30-15-11-27/h6-7,16-18H,1-5,8-15H2,(H,25,28)/b20-16-. The zero-order valence-electron chi connectivity index (χ0n) is 17.6. The Bertz CT molecular complexity index is 752. The van der Waals surface area contributed by atoms with E-state index in [1.54, 1.807) is 0 Å². The van der Waals surface area contributed by atoms with Crippen molar-refractivity contribution >= 4 is 23.0 Å². The van der Waals surface area contributed by atoms with Crippen LogP contribution < -0.4 is 15.1 Å². The summed E-state index contributed by atoms with van der Waals surface area (Å²) in [6.45, 7) is 5.88. The predicted molar refractivity (Wildman–Crippen MR) is 117 cm³/mol. The van der Waals surface area contributed by atoms with Crippen LogP contribution >= 0.6 is 0 Å². The number of carbonyl (C=O) groups is 1. The lowest BCUT2D eigenvalue weighted by molar-refractivity contribution is -0.114. The molecule has 3 fully saturated rings. The predicted octanol–water partition coefficient (Wildman–Crippen LogP) is 3.73. The van der Waals surface area contributed by atoms with Gasteiger partial charge in [-0.25, -0.2) is 4.39 Å². The molecule has 0 radical (unpaired) electrons. The molecule has 2 heterocycles. The van der Waals surface area contributed by atoms with Gasteiger partial charge >= 0.3 is 0 Å². The SMILES string of the molecule is O=C(Nc1ccc(N2CCOCC2)cc1N1CCOCC1)/C(F)=C/C1CCCCC1. The van der Waals surface area contributed by atoms with Gasteiger partial charge in [0.2, 0.25) is 0 Å². The van der Waals surface area contributed by atoms with Crippen molar-refractivity contribution in [3.8, 4) is 0 Å². The highest BCUT2D eigenvalue weighted by Crippen LogP contribution is 2.33. The largest absolute Gasteiger partial charge is 0.378 e. The van der Waals surface area contributed by atoms with E-state index in [4.69, 9.17) is 9.47 Å². The summed E-state index contributed by atoms with van der Waals surface area (Å²) >= 11 is 0. The van der Waals surface area contributed by atoms with E-state index >= 15 is 0 Å². The highest BCUT2D eigenvalue weighted by Gasteiger charge is 2.21. The topological polar surface area (TPSA) is 54.0 Å². The van der Waals surface area contributed by atoms with E-state index < -0.39 is 11.7 Å². The van der Waals surface area contributed by atoms with Crippen molar-refractivity contribution < 1.29 is 18.7 Å². The quantitative estimate of drug-likeness (QED) is 0.740. The van der Waals surface area contributed by atoms with Gasteiger partial charge in [-0.3, -0.25) is 4.79 Å². The molecular weight excluding hydrogens is 385 g/mol. The first-order valence-corrected chi connectivity index (χ1v) is 11.2. The maximum atomic E-state index is 14.6. The molecule has 1 amide bonds. The van der Waals surface area contributed by atoms with Crippen molar-refractivity contribution in [3.05, 3.63) is 30.1 Å². The van der Waals surface area contributed by atoms with E-state index in [9.17, 15) is 9.18 Å². The molecule has 1 aromatic carbocycles. The van der Waals surface area contributed by atoms with Crippen LogP contribution in [0.5, 0.6) is 0 Å². The van der Waals surface area contributed by atoms with Gasteiger partial charge in [-0.2, -0.15) is 0 Å². The molecule has 30 heavy (non-hydrogen) atoms. The molecule has 2 aliphatic heterocycles. The first-order chi connectivity index (χ1) is 14.7. The number of allylic oxidation sites excluding steroid dienone is 1. The number of hydrogen-bond donors (Lipinski definition) is 1. The Morgan fingerprint density at radius 2 is 1.60 bits per heavy atom. The summed E-state index contributed by atoms with van der Waals surface area (Å²) in [7, 11) is 0. The monoisotopic (exact) mass is 417 g/mol. The molecule has 4 rings (SSSR count). The Morgan fingerprint density at radius 3 is 2.27 bits per heavy atom. The molecule has 0 spiro atoms. The van der Waals surface area contributed by atoms with Gasteiger partial charge < -0.3 is 24.6 Å². The molecule has 0 aromatic heterocycles. The molecule has 1 aromatic rings. The number of morpholine rings is 2. The summed E-state index contributed by atoms with van der Waals surface area (Å²) in [5, 5.41) is 2.82. The van der Waals surface area contributed by atoms with Gasteiger partial charge in [-0.05, 0) is 43.0 Å².